The summed E-state index contributed by atoms with van der Waals surface area (Å²) in [5, 5.41) is 2.92. The zero-order valence-corrected chi connectivity index (χ0v) is 15.2. The predicted octanol–water partition coefficient (Wildman–Crippen LogP) is 3.74. The number of methoxy groups -OCH3 is 2. The number of hydrogen-bond acceptors (Lipinski definition) is 4. The topological polar surface area (TPSA) is 64.6 Å². The molecule has 2 aromatic rings. The minimum atomic E-state index is -0.432. The fourth-order valence-corrected chi connectivity index (χ4v) is 2.75. The van der Waals surface area contributed by atoms with Gasteiger partial charge in [-0.25, -0.2) is 4.79 Å². The number of esters is 1. The van der Waals surface area contributed by atoms with Crippen molar-refractivity contribution >= 4 is 27.8 Å². The van der Waals surface area contributed by atoms with Crippen LogP contribution in [0.2, 0.25) is 0 Å². The maximum absolute atomic E-state index is 12.3. The SMILES string of the molecule is COC(=O)c1ccc(C(=O)N[C@@H](C)c2ccc(OC)c(Br)c2)cc1. The molecule has 126 valence electrons. The van der Waals surface area contributed by atoms with Crippen molar-refractivity contribution in [2.45, 2.75) is 13.0 Å². The Balaban J connectivity index is 2.08. The molecule has 0 aliphatic carbocycles. The summed E-state index contributed by atoms with van der Waals surface area (Å²) in [4.78, 5) is 23.7. The number of benzene rings is 2. The number of amides is 1. The average Bonchev–Trinajstić information content (AvgIpc) is 2.60. The number of nitrogens with one attached hydrogen (secondary N) is 1. The molecular formula is C18H18BrNO4. The molecule has 0 aliphatic heterocycles. The third kappa shape index (κ3) is 4.14. The molecule has 0 radical (unpaired) electrons. The Hall–Kier alpha value is -2.34. The minimum Gasteiger partial charge on any atom is -0.496 e. The van der Waals surface area contributed by atoms with Crippen LogP contribution in [0.4, 0.5) is 0 Å². The molecule has 0 saturated heterocycles. The van der Waals surface area contributed by atoms with Gasteiger partial charge in [-0.05, 0) is 64.8 Å². The summed E-state index contributed by atoms with van der Waals surface area (Å²) in [6.45, 7) is 1.90. The van der Waals surface area contributed by atoms with E-state index in [4.69, 9.17) is 4.74 Å². The van der Waals surface area contributed by atoms with Crippen LogP contribution >= 0.6 is 15.9 Å². The highest BCUT2D eigenvalue weighted by Gasteiger charge is 2.14. The normalized spacial score (nSPS) is 11.5. The van der Waals surface area contributed by atoms with E-state index in [0.717, 1.165) is 15.8 Å². The highest BCUT2D eigenvalue weighted by molar-refractivity contribution is 9.10. The molecule has 0 bridgehead atoms. The van der Waals surface area contributed by atoms with Crippen molar-refractivity contribution in [3.63, 3.8) is 0 Å². The van der Waals surface area contributed by atoms with Gasteiger partial charge >= 0.3 is 5.97 Å². The van der Waals surface area contributed by atoms with Gasteiger partial charge in [0.1, 0.15) is 5.75 Å². The summed E-state index contributed by atoms with van der Waals surface area (Å²) in [6.07, 6.45) is 0. The fraction of sp³-hybridized carbons (Fsp3) is 0.222. The fourth-order valence-electron chi connectivity index (χ4n) is 2.19. The van der Waals surface area contributed by atoms with E-state index in [2.05, 4.69) is 26.0 Å². The van der Waals surface area contributed by atoms with E-state index in [1.165, 1.54) is 7.11 Å². The van der Waals surface area contributed by atoms with Gasteiger partial charge in [0.05, 0.1) is 30.3 Å². The monoisotopic (exact) mass is 391 g/mol. The van der Waals surface area contributed by atoms with E-state index >= 15 is 0 Å². The van der Waals surface area contributed by atoms with Crippen LogP contribution < -0.4 is 10.1 Å². The number of ether oxygens (including phenoxy) is 2. The Morgan fingerprint density at radius 1 is 1.04 bits per heavy atom. The molecule has 24 heavy (non-hydrogen) atoms. The molecule has 0 aromatic heterocycles. The molecule has 0 saturated carbocycles. The van der Waals surface area contributed by atoms with E-state index in [1.54, 1.807) is 31.4 Å². The molecular weight excluding hydrogens is 374 g/mol. The third-order valence-electron chi connectivity index (χ3n) is 3.59. The first-order valence-electron chi connectivity index (χ1n) is 7.29. The first kappa shape index (κ1) is 18.0. The van der Waals surface area contributed by atoms with E-state index in [0.29, 0.717) is 11.1 Å². The van der Waals surface area contributed by atoms with Gasteiger partial charge in [0.2, 0.25) is 0 Å². The van der Waals surface area contributed by atoms with Crippen molar-refractivity contribution in [2.24, 2.45) is 0 Å². The molecule has 2 aromatic carbocycles. The van der Waals surface area contributed by atoms with Crippen LogP contribution in [0, 0.1) is 0 Å². The van der Waals surface area contributed by atoms with Crippen molar-refractivity contribution in [1.82, 2.24) is 5.32 Å². The van der Waals surface area contributed by atoms with Crippen LogP contribution in [-0.2, 0) is 4.74 Å². The molecule has 6 heteroatoms. The Kier molecular flexibility index (Phi) is 5.98. The number of carbonyl (C=O) groups is 2. The number of carbonyl (C=O) groups excluding carboxylic acids is 2. The van der Waals surface area contributed by atoms with Gasteiger partial charge in [-0.2, -0.15) is 0 Å². The molecule has 0 aliphatic rings. The van der Waals surface area contributed by atoms with Gasteiger partial charge in [-0.1, -0.05) is 6.07 Å². The lowest BCUT2D eigenvalue weighted by Crippen LogP contribution is -2.26. The van der Waals surface area contributed by atoms with Crippen LogP contribution in [-0.4, -0.2) is 26.1 Å². The number of hydrogen-bond donors (Lipinski definition) is 1. The van der Waals surface area contributed by atoms with E-state index in [9.17, 15) is 9.59 Å². The molecule has 2 rings (SSSR count). The molecule has 5 nitrogen and oxygen atoms in total. The first-order valence-corrected chi connectivity index (χ1v) is 8.08. The highest BCUT2D eigenvalue weighted by atomic mass is 79.9. The molecule has 0 heterocycles. The van der Waals surface area contributed by atoms with Crippen molar-refractivity contribution in [3.05, 3.63) is 63.6 Å². The van der Waals surface area contributed by atoms with Crippen molar-refractivity contribution in [1.29, 1.82) is 0 Å². The molecule has 1 amide bonds. The second-order valence-corrected chi connectivity index (χ2v) is 6.01. The summed E-state index contributed by atoms with van der Waals surface area (Å²) >= 11 is 3.43. The maximum Gasteiger partial charge on any atom is 0.337 e. The summed E-state index contributed by atoms with van der Waals surface area (Å²) in [7, 11) is 2.92. The quantitative estimate of drug-likeness (QED) is 0.788. The summed E-state index contributed by atoms with van der Waals surface area (Å²) in [6, 6.07) is 11.8. The Labute approximate surface area is 149 Å². The smallest absolute Gasteiger partial charge is 0.337 e. The van der Waals surface area contributed by atoms with Crippen molar-refractivity contribution in [2.75, 3.05) is 14.2 Å². The van der Waals surface area contributed by atoms with Crippen LogP contribution in [0.3, 0.4) is 0 Å². The third-order valence-corrected chi connectivity index (χ3v) is 4.21. The maximum atomic E-state index is 12.3. The molecule has 0 spiro atoms. The lowest BCUT2D eigenvalue weighted by Gasteiger charge is -2.16. The second-order valence-electron chi connectivity index (χ2n) is 5.16. The number of rotatable bonds is 5. The van der Waals surface area contributed by atoms with E-state index in [1.807, 2.05) is 25.1 Å². The lowest BCUT2D eigenvalue weighted by molar-refractivity contribution is 0.0600. The van der Waals surface area contributed by atoms with Crippen LogP contribution in [0.5, 0.6) is 5.75 Å². The van der Waals surface area contributed by atoms with Gasteiger partial charge in [-0.3, -0.25) is 4.79 Å². The van der Waals surface area contributed by atoms with Crippen molar-refractivity contribution in [3.8, 4) is 5.75 Å². The second kappa shape index (κ2) is 7.97. The summed E-state index contributed by atoms with van der Waals surface area (Å²) < 4.78 is 10.7. The summed E-state index contributed by atoms with van der Waals surface area (Å²) in [5.41, 5.74) is 1.82. The summed E-state index contributed by atoms with van der Waals surface area (Å²) in [5.74, 6) is 0.0833. The minimum absolute atomic E-state index is 0.181. The Morgan fingerprint density at radius 2 is 1.67 bits per heavy atom. The van der Waals surface area contributed by atoms with Gasteiger partial charge in [0.25, 0.3) is 5.91 Å². The predicted molar refractivity (Wildman–Crippen MR) is 94.4 cm³/mol. The standard InChI is InChI=1S/C18H18BrNO4/c1-11(14-8-9-16(23-2)15(19)10-14)20-17(21)12-4-6-13(7-5-12)18(22)24-3/h4-11H,1-3H3,(H,20,21)/t11-/m0/s1. The molecule has 1 N–H and O–H groups in total. The molecule has 0 fully saturated rings. The van der Waals surface area contributed by atoms with Gasteiger partial charge in [0, 0.05) is 5.56 Å². The van der Waals surface area contributed by atoms with Gasteiger partial charge in [-0.15, -0.1) is 0 Å². The van der Waals surface area contributed by atoms with Crippen molar-refractivity contribution < 1.29 is 19.1 Å². The average molecular weight is 392 g/mol. The zero-order chi connectivity index (χ0) is 17.7. The van der Waals surface area contributed by atoms with Gasteiger partial charge in [0.15, 0.2) is 0 Å². The lowest BCUT2D eigenvalue weighted by atomic mass is 10.1. The van der Waals surface area contributed by atoms with Crippen LogP contribution in [0.1, 0.15) is 39.2 Å². The largest absolute Gasteiger partial charge is 0.496 e. The molecule has 1 atom stereocenters. The zero-order valence-electron chi connectivity index (χ0n) is 13.6. The molecule has 0 unspecified atom stereocenters. The van der Waals surface area contributed by atoms with E-state index in [-0.39, 0.29) is 11.9 Å². The first-order chi connectivity index (χ1) is 11.5. The van der Waals surface area contributed by atoms with Gasteiger partial charge < -0.3 is 14.8 Å². The number of halogens is 1. The van der Waals surface area contributed by atoms with Crippen LogP contribution in [0.15, 0.2) is 46.9 Å². The van der Waals surface area contributed by atoms with Crippen LogP contribution in [0.25, 0.3) is 0 Å². The Bertz CT molecular complexity index is 743. The Morgan fingerprint density at radius 3 is 2.21 bits per heavy atom. The highest BCUT2D eigenvalue weighted by Crippen LogP contribution is 2.28. The van der Waals surface area contributed by atoms with E-state index < -0.39 is 5.97 Å².